The van der Waals surface area contributed by atoms with Crippen LogP contribution in [0, 0.1) is 5.82 Å². The van der Waals surface area contributed by atoms with E-state index in [-0.39, 0.29) is 37.0 Å². The molecule has 3 heterocycles. The molecule has 41 heavy (non-hydrogen) atoms. The van der Waals surface area contributed by atoms with Crippen molar-refractivity contribution in [3.8, 4) is 17.2 Å². The van der Waals surface area contributed by atoms with Crippen LogP contribution in [0.1, 0.15) is 36.6 Å². The number of hydrogen-bond acceptors (Lipinski definition) is 8. The Labute approximate surface area is 238 Å². The molecule has 0 saturated carbocycles. The number of nitrogens with zero attached hydrogens (tertiary/aromatic N) is 2. The first-order valence-corrected chi connectivity index (χ1v) is 13.8. The molecule has 2 aliphatic rings. The number of ether oxygens (including phenoxy) is 4. The number of halogens is 1. The van der Waals surface area contributed by atoms with Crippen LogP contribution in [0.5, 0.6) is 17.2 Å². The molecule has 10 heteroatoms. The van der Waals surface area contributed by atoms with Crippen LogP contribution < -0.4 is 29.1 Å². The third kappa shape index (κ3) is 5.02. The number of fused-ring (bicyclic) bond motifs is 2. The Bertz CT molecular complexity index is 1880. The molecule has 0 N–H and O–H groups in total. The van der Waals surface area contributed by atoms with Gasteiger partial charge in [-0.05, 0) is 49.8 Å². The summed E-state index contributed by atoms with van der Waals surface area (Å²) in [7, 11) is 0. The minimum atomic E-state index is -0.783. The van der Waals surface area contributed by atoms with Gasteiger partial charge in [0.1, 0.15) is 18.2 Å². The van der Waals surface area contributed by atoms with E-state index in [1.54, 1.807) is 62.4 Å². The van der Waals surface area contributed by atoms with Crippen LogP contribution >= 0.6 is 11.3 Å². The van der Waals surface area contributed by atoms with Gasteiger partial charge in [0.15, 0.2) is 16.3 Å². The van der Waals surface area contributed by atoms with E-state index in [0.717, 1.165) is 0 Å². The van der Waals surface area contributed by atoms with E-state index in [2.05, 4.69) is 4.99 Å². The Morgan fingerprint density at radius 3 is 2.73 bits per heavy atom. The SMILES string of the molecule is CCOC(=O)C1=C(C)N=c2s/c(=C\c3ccccc3OCc3ccccc3F)c(=O)n2[C@H]1c1ccc2c(c1)OCO2. The first-order chi connectivity index (χ1) is 19.9. The molecular formula is C31H25FN2O6S. The summed E-state index contributed by atoms with van der Waals surface area (Å²) in [6.45, 7) is 3.77. The maximum Gasteiger partial charge on any atom is 0.338 e. The molecule has 0 spiro atoms. The lowest BCUT2D eigenvalue weighted by molar-refractivity contribution is -0.139. The Hall–Kier alpha value is -4.70. The van der Waals surface area contributed by atoms with Gasteiger partial charge in [-0.2, -0.15) is 0 Å². The zero-order valence-corrected chi connectivity index (χ0v) is 23.1. The van der Waals surface area contributed by atoms with Crippen molar-refractivity contribution < 1.29 is 28.1 Å². The second-order valence-electron chi connectivity index (χ2n) is 9.33. The second-order valence-corrected chi connectivity index (χ2v) is 10.3. The van der Waals surface area contributed by atoms with E-state index in [0.29, 0.717) is 49.0 Å². The smallest absolute Gasteiger partial charge is 0.338 e. The van der Waals surface area contributed by atoms with E-state index in [9.17, 15) is 14.0 Å². The monoisotopic (exact) mass is 572 g/mol. The number of para-hydroxylation sites is 1. The van der Waals surface area contributed by atoms with Crippen molar-refractivity contribution in [1.82, 2.24) is 4.57 Å². The predicted octanol–water partition coefficient (Wildman–Crippen LogP) is 4.25. The molecular weight excluding hydrogens is 547 g/mol. The van der Waals surface area contributed by atoms with Crippen molar-refractivity contribution in [1.29, 1.82) is 0 Å². The molecule has 0 unspecified atom stereocenters. The van der Waals surface area contributed by atoms with Gasteiger partial charge in [0.25, 0.3) is 5.56 Å². The van der Waals surface area contributed by atoms with E-state index >= 15 is 0 Å². The molecule has 0 aliphatic carbocycles. The average molecular weight is 573 g/mol. The number of rotatable bonds is 7. The lowest BCUT2D eigenvalue weighted by Crippen LogP contribution is -2.39. The Morgan fingerprint density at radius 2 is 1.90 bits per heavy atom. The normalized spacial score (nSPS) is 15.9. The highest BCUT2D eigenvalue weighted by Gasteiger charge is 2.34. The molecule has 3 aromatic carbocycles. The van der Waals surface area contributed by atoms with Crippen molar-refractivity contribution in [2.45, 2.75) is 26.5 Å². The van der Waals surface area contributed by atoms with Crippen LogP contribution in [0.15, 0.2) is 87.8 Å². The van der Waals surface area contributed by atoms with Gasteiger partial charge in [0, 0.05) is 11.1 Å². The van der Waals surface area contributed by atoms with Crippen LogP contribution in [0.2, 0.25) is 0 Å². The summed E-state index contributed by atoms with van der Waals surface area (Å²) in [5.41, 5.74) is 2.15. The van der Waals surface area contributed by atoms with Gasteiger partial charge in [-0.25, -0.2) is 14.2 Å². The highest BCUT2D eigenvalue weighted by molar-refractivity contribution is 7.07. The molecule has 2 aliphatic heterocycles. The van der Waals surface area contributed by atoms with Crippen molar-refractivity contribution >= 4 is 23.4 Å². The van der Waals surface area contributed by atoms with E-state index in [1.165, 1.54) is 22.0 Å². The summed E-state index contributed by atoms with van der Waals surface area (Å²) in [5, 5.41) is 0. The first kappa shape index (κ1) is 26.5. The highest BCUT2D eigenvalue weighted by Crippen LogP contribution is 2.38. The summed E-state index contributed by atoms with van der Waals surface area (Å²) in [6.07, 6.45) is 1.72. The van der Waals surface area contributed by atoms with Crippen LogP contribution in [-0.2, 0) is 16.1 Å². The molecule has 8 nitrogen and oxygen atoms in total. The van der Waals surface area contributed by atoms with Crippen molar-refractivity contribution in [2.75, 3.05) is 13.4 Å². The molecule has 0 radical (unpaired) electrons. The number of hydrogen-bond donors (Lipinski definition) is 0. The maximum atomic E-state index is 14.1. The summed E-state index contributed by atoms with van der Waals surface area (Å²) in [5.74, 6) is 0.722. The molecule has 0 saturated heterocycles. The number of benzene rings is 3. The fourth-order valence-corrected chi connectivity index (χ4v) is 5.87. The van der Waals surface area contributed by atoms with E-state index in [4.69, 9.17) is 18.9 Å². The predicted molar refractivity (Wildman–Crippen MR) is 150 cm³/mol. The summed E-state index contributed by atoms with van der Waals surface area (Å²) >= 11 is 1.21. The second kappa shape index (κ2) is 11.1. The van der Waals surface area contributed by atoms with Crippen LogP contribution in [0.4, 0.5) is 4.39 Å². The summed E-state index contributed by atoms with van der Waals surface area (Å²) in [4.78, 5) is 32.2. The van der Waals surface area contributed by atoms with Crippen LogP contribution in [0.25, 0.3) is 6.08 Å². The zero-order chi connectivity index (χ0) is 28.5. The number of thiazole rings is 1. The topological polar surface area (TPSA) is 88.4 Å². The number of carbonyl (C=O) groups is 1. The van der Waals surface area contributed by atoms with Crippen molar-refractivity contribution in [2.24, 2.45) is 4.99 Å². The minimum Gasteiger partial charge on any atom is -0.488 e. The highest BCUT2D eigenvalue weighted by atomic mass is 32.1. The van der Waals surface area contributed by atoms with Gasteiger partial charge in [-0.1, -0.05) is 53.8 Å². The minimum absolute atomic E-state index is 0.0327. The molecule has 1 atom stereocenters. The average Bonchev–Trinajstić information content (AvgIpc) is 3.56. The largest absolute Gasteiger partial charge is 0.488 e. The third-order valence-electron chi connectivity index (χ3n) is 6.78. The molecule has 0 amide bonds. The molecule has 208 valence electrons. The van der Waals surface area contributed by atoms with Gasteiger partial charge in [-0.3, -0.25) is 9.36 Å². The van der Waals surface area contributed by atoms with Crippen LogP contribution in [-0.4, -0.2) is 23.9 Å². The lowest BCUT2D eigenvalue weighted by atomic mass is 9.95. The fraction of sp³-hybridized carbons (Fsp3) is 0.194. The Kier molecular flexibility index (Phi) is 7.15. The third-order valence-corrected chi connectivity index (χ3v) is 7.76. The molecule has 4 aromatic rings. The van der Waals surface area contributed by atoms with Crippen LogP contribution in [0.3, 0.4) is 0 Å². The molecule has 6 rings (SSSR count). The van der Waals surface area contributed by atoms with Gasteiger partial charge in [0.2, 0.25) is 6.79 Å². The lowest BCUT2D eigenvalue weighted by Gasteiger charge is -2.24. The molecule has 1 aromatic heterocycles. The maximum absolute atomic E-state index is 14.1. The van der Waals surface area contributed by atoms with Gasteiger partial charge in [0.05, 0.1) is 28.5 Å². The van der Waals surface area contributed by atoms with E-state index < -0.39 is 12.0 Å². The number of allylic oxidation sites excluding steroid dienone is 1. The molecule has 0 fully saturated rings. The number of aromatic nitrogens is 1. The van der Waals surface area contributed by atoms with Crippen molar-refractivity contribution in [3.05, 3.63) is 120 Å². The van der Waals surface area contributed by atoms with Gasteiger partial charge >= 0.3 is 5.97 Å². The number of carbonyl (C=O) groups excluding carboxylic acids is 1. The van der Waals surface area contributed by atoms with E-state index in [1.807, 2.05) is 18.2 Å². The van der Waals surface area contributed by atoms with Gasteiger partial charge < -0.3 is 18.9 Å². The summed E-state index contributed by atoms with van der Waals surface area (Å²) in [6, 6.07) is 18.2. The fourth-order valence-electron chi connectivity index (χ4n) is 4.83. The Morgan fingerprint density at radius 1 is 1.12 bits per heavy atom. The van der Waals surface area contributed by atoms with Gasteiger partial charge in [-0.15, -0.1) is 0 Å². The summed E-state index contributed by atoms with van der Waals surface area (Å²) < 4.78 is 38.4. The Balaban J connectivity index is 1.45. The number of esters is 1. The first-order valence-electron chi connectivity index (χ1n) is 13.0. The standard InChI is InChI=1S/C31H25FN2O6S/c1-3-37-30(36)27-18(2)33-31-34(28(27)20-12-13-24-25(14-20)40-17-39-24)29(35)26(41-31)15-19-8-5-7-11-23(19)38-16-21-9-4-6-10-22(21)32/h4-15,28H,3,16-17H2,1-2H3/b26-15-/t28-/m0/s1. The van der Waals surface area contributed by atoms with Crippen molar-refractivity contribution in [3.63, 3.8) is 0 Å². The quantitative estimate of drug-likeness (QED) is 0.308. The zero-order valence-electron chi connectivity index (χ0n) is 22.3. The molecule has 0 bridgehead atoms.